The first-order valence-corrected chi connectivity index (χ1v) is 12.8. The minimum Gasteiger partial charge on any atom is -1.00 e. The Hall–Kier alpha value is -2.39. The first-order valence-electron chi connectivity index (χ1n) is 12.8. The van der Waals surface area contributed by atoms with Crippen LogP contribution in [-0.4, -0.2) is 50.5 Å². The standard InChI is InChI=1S/C29H33N5O2.2ClH.V/c1-3-18-35-20-16-33-26-14-7-5-10-22(26)31-28(33)24-12-9-13-25(30-24)29-32-23-11-6-8-15-27(23)34(29)17-21-36-19-4-2;;;/h5-15H,3-4,16-21H2,1-2H3;2*1H;/q;;;+2/p-2. The van der Waals surface area contributed by atoms with Gasteiger partial charge in [-0.2, -0.15) is 0 Å². The third-order valence-corrected chi connectivity index (χ3v) is 6.13. The molecule has 0 amide bonds. The molecule has 0 atom stereocenters. The summed E-state index contributed by atoms with van der Waals surface area (Å²) < 4.78 is 16.0. The predicted molar refractivity (Wildman–Crippen MR) is 144 cm³/mol. The van der Waals surface area contributed by atoms with Crippen LogP contribution in [0.3, 0.4) is 0 Å². The van der Waals surface area contributed by atoms with Gasteiger partial charge in [-0.05, 0) is 49.2 Å². The molecule has 3 heterocycles. The van der Waals surface area contributed by atoms with Crippen LogP contribution < -0.4 is 24.8 Å². The van der Waals surface area contributed by atoms with Gasteiger partial charge in [-0.25, -0.2) is 15.0 Å². The molecule has 3 aromatic heterocycles. The molecule has 10 heteroatoms. The second-order valence-electron chi connectivity index (χ2n) is 8.78. The summed E-state index contributed by atoms with van der Waals surface area (Å²) in [6, 6.07) is 22.5. The molecule has 0 fully saturated rings. The van der Waals surface area contributed by atoms with Crippen molar-refractivity contribution in [2.24, 2.45) is 0 Å². The summed E-state index contributed by atoms with van der Waals surface area (Å²) in [5, 5.41) is 0. The Bertz CT molecular complexity index is 1350. The number of rotatable bonds is 12. The van der Waals surface area contributed by atoms with Crippen molar-refractivity contribution in [2.45, 2.75) is 39.8 Å². The van der Waals surface area contributed by atoms with E-state index in [2.05, 4.69) is 35.1 Å². The zero-order valence-electron chi connectivity index (χ0n) is 22.3. The van der Waals surface area contributed by atoms with E-state index in [-0.39, 0.29) is 43.4 Å². The van der Waals surface area contributed by atoms with E-state index in [4.69, 9.17) is 24.4 Å². The minimum atomic E-state index is 0. The molecule has 7 nitrogen and oxygen atoms in total. The van der Waals surface area contributed by atoms with Crippen LogP contribution in [0.2, 0.25) is 0 Å². The third kappa shape index (κ3) is 7.43. The molecule has 2 aromatic carbocycles. The van der Waals surface area contributed by atoms with Gasteiger partial charge < -0.3 is 43.4 Å². The van der Waals surface area contributed by atoms with Crippen molar-refractivity contribution in [1.29, 1.82) is 0 Å². The number of imidazole rings is 2. The molecule has 0 spiro atoms. The quantitative estimate of drug-likeness (QED) is 0.187. The number of para-hydroxylation sites is 4. The van der Waals surface area contributed by atoms with Gasteiger partial charge in [-0.15, -0.1) is 0 Å². The average molecular weight is 605 g/mol. The van der Waals surface area contributed by atoms with E-state index >= 15 is 0 Å². The molecule has 0 saturated carbocycles. The molecular weight excluding hydrogens is 572 g/mol. The van der Waals surface area contributed by atoms with E-state index in [0.717, 1.165) is 84.2 Å². The van der Waals surface area contributed by atoms with Gasteiger partial charge in [0.25, 0.3) is 0 Å². The van der Waals surface area contributed by atoms with Crippen LogP contribution >= 0.6 is 0 Å². The second-order valence-corrected chi connectivity index (χ2v) is 8.78. The summed E-state index contributed by atoms with van der Waals surface area (Å²) in [6.07, 6.45) is 2.01. The Balaban J connectivity index is 0.00000178. The average Bonchev–Trinajstić information content (AvgIpc) is 3.48. The monoisotopic (exact) mass is 604 g/mol. The number of hydrogen-bond donors (Lipinski definition) is 0. The van der Waals surface area contributed by atoms with Crippen molar-refractivity contribution in [3.05, 3.63) is 66.7 Å². The zero-order chi connectivity index (χ0) is 24.7. The summed E-state index contributed by atoms with van der Waals surface area (Å²) in [7, 11) is 0. The number of nitrogens with zero attached hydrogens (tertiary/aromatic N) is 5. The van der Waals surface area contributed by atoms with Crippen LogP contribution in [0.5, 0.6) is 0 Å². The number of ether oxygens (including phenoxy) is 2. The number of benzene rings is 2. The molecule has 0 aliphatic heterocycles. The molecule has 0 unspecified atom stereocenters. The Kier molecular flexibility index (Phi) is 13.5. The fourth-order valence-electron chi connectivity index (χ4n) is 4.48. The molecule has 205 valence electrons. The number of halogens is 2. The van der Waals surface area contributed by atoms with E-state index in [1.807, 2.05) is 54.6 Å². The molecule has 39 heavy (non-hydrogen) atoms. The van der Waals surface area contributed by atoms with Crippen LogP contribution in [0.1, 0.15) is 26.7 Å². The van der Waals surface area contributed by atoms with Gasteiger partial charge in [0.15, 0.2) is 11.6 Å². The van der Waals surface area contributed by atoms with E-state index in [0.29, 0.717) is 13.2 Å². The molecule has 5 aromatic rings. The van der Waals surface area contributed by atoms with E-state index in [1.54, 1.807) is 0 Å². The number of hydrogen-bond acceptors (Lipinski definition) is 5. The van der Waals surface area contributed by atoms with Crippen LogP contribution in [0.15, 0.2) is 66.7 Å². The van der Waals surface area contributed by atoms with Crippen molar-refractivity contribution in [3.63, 3.8) is 0 Å². The summed E-state index contributed by atoms with van der Waals surface area (Å²) in [6.45, 7) is 8.46. The maximum absolute atomic E-state index is 5.80. The summed E-state index contributed by atoms with van der Waals surface area (Å²) >= 11 is 0. The second kappa shape index (κ2) is 16.0. The van der Waals surface area contributed by atoms with Gasteiger partial charge in [0.1, 0.15) is 11.4 Å². The number of aromatic nitrogens is 5. The van der Waals surface area contributed by atoms with Crippen molar-refractivity contribution in [3.8, 4) is 23.0 Å². The van der Waals surface area contributed by atoms with Crippen molar-refractivity contribution in [1.82, 2.24) is 24.1 Å². The Morgan fingerprint density at radius 2 is 1.00 bits per heavy atom. The normalized spacial score (nSPS) is 10.7. The van der Waals surface area contributed by atoms with Crippen LogP contribution in [0, 0.1) is 0 Å². The molecule has 0 aliphatic carbocycles. The molecule has 1 radical (unpaired) electrons. The van der Waals surface area contributed by atoms with E-state index in [1.165, 1.54) is 0 Å². The fraction of sp³-hybridized carbons (Fsp3) is 0.345. The Morgan fingerprint density at radius 1 is 0.564 bits per heavy atom. The maximum atomic E-state index is 5.80. The van der Waals surface area contributed by atoms with Gasteiger partial charge in [0.2, 0.25) is 0 Å². The SMILES string of the molecule is CCCOCCn1c(-c2cccc(-c3nc4ccccc4n3CCOCCC)n2)nc2ccccc21.[Cl-].[Cl-].[V+2]. The van der Waals surface area contributed by atoms with Crippen molar-refractivity contribution in [2.75, 3.05) is 26.4 Å². The molecule has 0 saturated heterocycles. The van der Waals surface area contributed by atoms with E-state index < -0.39 is 0 Å². The molecular formula is C29H33Cl2N5O2V. The van der Waals surface area contributed by atoms with Gasteiger partial charge in [0, 0.05) is 26.3 Å². The fourth-order valence-corrected chi connectivity index (χ4v) is 4.48. The summed E-state index contributed by atoms with van der Waals surface area (Å²) in [5.41, 5.74) is 5.71. The summed E-state index contributed by atoms with van der Waals surface area (Å²) in [4.78, 5) is 15.0. The number of fused-ring (bicyclic) bond motifs is 2. The largest absolute Gasteiger partial charge is 2.00 e. The van der Waals surface area contributed by atoms with Crippen LogP contribution in [-0.2, 0) is 41.1 Å². The zero-order valence-corrected chi connectivity index (χ0v) is 25.2. The Labute approximate surface area is 254 Å². The Morgan fingerprint density at radius 3 is 1.44 bits per heavy atom. The number of pyridine rings is 1. The van der Waals surface area contributed by atoms with Crippen LogP contribution in [0.25, 0.3) is 45.1 Å². The van der Waals surface area contributed by atoms with Crippen molar-refractivity contribution < 1.29 is 52.8 Å². The van der Waals surface area contributed by atoms with Crippen molar-refractivity contribution >= 4 is 22.1 Å². The predicted octanol–water partition coefficient (Wildman–Crippen LogP) is -0.0263. The van der Waals surface area contributed by atoms with Gasteiger partial charge in [-0.3, -0.25) is 0 Å². The van der Waals surface area contributed by atoms with Gasteiger partial charge in [-0.1, -0.05) is 44.2 Å². The van der Waals surface area contributed by atoms with Crippen LogP contribution in [0.4, 0.5) is 0 Å². The first kappa shape index (κ1) is 32.8. The minimum absolute atomic E-state index is 0. The topological polar surface area (TPSA) is 67.0 Å². The molecule has 5 rings (SSSR count). The summed E-state index contributed by atoms with van der Waals surface area (Å²) in [5.74, 6) is 1.68. The van der Waals surface area contributed by atoms with E-state index in [9.17, 15) is 0 Å². The maximum Gasteiger partial charge on any atom is 2.00 e. The first-order chi connectivity index (χ1) is 17.8. The smallest absolute Gasteiger partial charge is 1.00 e. The molecule has 0 aliphatic rings. The van der Waals surface area contributed by atoms with Gasteiger partial charge in [0.05, 0.1) is 35.3 Å². The third-order valence-electron chi connectivity index (χ3n) is 6.13. The molecule has 0 bridgehead atoms. The van der Waals surface area contributed by atoms with Gasteiger partial charge >= 0.3 is 18.6 Å². The molecule has 0 N–H and O–H groups in total.